The van der Waals surface area contributed by atoms with Crippen molar-refractivity contribution < 1.29 is 27.6 Å². The maximum atomic E-state index is 13.2. The number of rotatable bonds is 5. The quantitative estimate of drug-likeness (QED) is 0.529. The van der Waals surface area contributed by atoms with Gasteiger partial charge in [0, 0.05) is 14.1 Å². The predicted molar refractivity (Wildman–Crippen MR) is 126 cm³/mol. The van der Waals surface area contributed by atoms with E-state index in [1.54, 1.807) is 38.1 Å². The van der Waals surface area contributed by atoms with Gasteiger partial charge in [-0.25, -0.2) is 4.79 Å². The standard InChI is InChI=1S/C25H23F3N4O3/c1-24(17-9-8-15-6-4-5-7-16(15)12-17)22(34)32(23(35)30-24)14-21(33)29-19-13-18(25(26,27)28)10-11-20(19)31(2)3/h4-13H,14H2,1-3H3,(H,29,33)(H,30,35). The van der Waals surface area contributed by atoms with Crippen LogP contribution in [-0.4, -0.2) is 43.4 Å². The Kier molecular flexibility index (Phi) is 5.92. The summed E-state index contributed by atoms with van der Waals surface area (Å²) in [5.74, 6) is -1.44. The molecule has 1 atom stereocenters. The number of benzene rings is 3. The zero-order valence-electron chi connectivity index (χ0n) is 19.2. The molecular weight excluding hydrogens is 461 g/mol. The Bertz CT molecular complexity index is 1340. The molecule has 1 fully saturated rings. The third-order valence-corrected chi connectivity index (χ3v) is 5.98. The van der Waals surface area contributed by atoms with Gasteiger partial charge in [0.25, 0.3) is 5.91 Å². The van der Waals surface area contributed by atoms with E-state index in [2.05, 4.69) is 10.6 Å². The van der Waals surface area contributed by atoms with Gasteiger partial charge in [0.05, 0.1) is 16.9 Å². The molecular formula is C25H23F3N4O3. The second kappa shape index (κ2) is 8.61. The van der Waals surface area contributed by atoms with Crippen molar-refractivity contribution in [2.75, 3.05) is 30.9 Å². The van der Waals surface area contributed by atoms with Crippen molar-refractivity contribution in [3.63, 3.8) is 0 Å². The molecule has 1 saturated heterocycles. The number of hydrogen-bond donors (Lipinski definition) is 2. The number of urea groups is 1. The Morgan fingerprint density at radius 1 is 1.03 bits per heavy atom. The van der Waals surface area contributed by atoms with E-state index in [0.717, 1.165) is 27.8 Å². The smallest absolute Gasteiger partial charge is 0.376 e. The van der Waals surface area contributed by atoms with E-state index in [9.17, 15) is 27.6 Å². The number of amides is 4. The first kappa shape index (κ1) is 24.1. The van der Waals surface area contributed by atoms with E-state index in [1.165, 1.54) is 6.07 Å². The van der Waals surface area contributed by atoms with Gasteiger partial charge in [0.2, 0.25) is 5.91 Å². The Hall–Kier alpha value is -4.08. The average molecular weight is 484 g/mol. The lowest BCUT2D eigenvalue weighted by atomic mass is 9.90. The van der Waals surface area contributed by atoms with E-state index in [1.807, 2.05) is 30.3 Å². The lowest BCUT2D eigenvalue weighted by molar-refractivity contribution is -0.137. The number of imide groups is 1. The second-order valence-electron chi connectivity index (χ2n) is 8.68. The number of halogens is 3. The maximum Gasteiger partial charge on any atom is 0.416 e. The van der Waals surface area contributed by atoms with Gasteiger partial charge >= 0.3 is 12.2 Å². The summed E-state index contributed by atoms with van der Waals surface area (Å²) in [6.45, 7) is 0.892. The summed E-state index contributed by atoms with van der Waals surface area (Å²) in [5, 5.41) is 6.89. The van der Waals surface area contributed by atoms with Crippen LogP contribution in [0.15, 0.2) is 60.7 Å². The Labute approximate surface area is 199 Å². The van der Waals surface area contributed by atoms with Crippen LogP contribution in [0.1, 0.15) is 18.1 Å². The number of alkyl halides is 3. The summed E-state index contributed by atoms with van der Waals surface area (Å²) in [6, 6.07) is 15.1. The van der Waals surface area contributed by atoms with Crippen LogP contribution in [0.5, 0.6) is 0 Å². The molecule has 7 nitrogen and oxygen atoms in total. The minimum absolute atomic E-state index is 0.0841. The molecule has 0 aliphatic carbocycles. The van der Waals surface area contributed by atoms with Crippen LogP contribution in [0.25, 0.3) is 10.8 Å². The van der Waals surface area contributed by atoms with Gasteiger partial charge < -0.3 is 15.5 Å². The highest BCUT2D eigenvalue weighted by Gasteiger charge is 2.49. The monoisotopic (exact) mass is 484 g/mol. The van der Waals surface area contributed by atoms with Crippen LogP contribution in [-0.2, 0) is 21.3 Å². The summed E-state index contributed by atoms with van der Waals surface area (Å²) in [7, 11) is 3.23. The molecule has 0 radical (unpaired) electrons. The second-order valence-corrected chi connectivity index (χ2v) is 8.68. The molecule has 35 heavy (non-hydrogen) atoms. The first-order valence-electron chi connectivity index (χ1n) is 10.7. The largest absolute Gasteiger partial charge is 0.416 e. The Morgan fingerprint density at radius 3 is 2.37 bits per heavy atom. The fraction of sp³-hybridized carbons (Fsp3) is 0.240. The highest BCUT2D eigenvalue weighted by atomic mass is 19.4. The van der Waals surface area contributed by atoms with Crippen molar-refractivity contribution in [2.45, 2.75) is 18.6 Å². The summed E-state index contributed by atoms with van der Waals surface area (Å²) in [5.41, 5.74) is -1.53. The maximum absolute atomic E-state index is 13.2. The van der Waals surface area contributed by atoms with Crippen molar-refractivity contribution in [2.24, 2.45) is 0 Å². The van der Waals surface area contributed by atoms with Gasteiger partial charge in [-0.3, -0.25) is 14.5 Å². The minimum atomic E-state index is -4.60. The van der Waals surface area contributed by atoms with Gasteiger partial charge in [-0.1, -0.05) is 36.4 Å². The zero-order chi connectivity index (χ0) is 25.5. The first-order valence-corrected chi connectivity index (χ1v) is 10.7. The fourth-order valence-corrected chi connectivity index (χ4v) is 4.07. The molecule has 4 amide bonds. The molecule has 1 aliphatic heterocycles. The van der Waals surface area contributed by atoms with Crippen molar-refractivity contribution in [1.82, 2.24) is 10.2 Å². The van der Waals surface area contributed by atoms with Crippen LogP contribution in [0.2, 0.25) is 0 Å². The van der Waals surface area contributed by atoms with Gasteiger partial charge in [0.1, 0.15) is 12.1 Å². The Morgan fingerprint density at radius 2 is 1.71 bits per heavy atom. The molecule has 1 aliphatic rings. The molecule has 0 aromatic heterocycles. The highest BCUT2D eigenvalue weighted by molar-refractivity contribution is 6.10. The van der Waals surface area contributed by atoms with E-state index in [0.29, 0.717) is 11.3 Å². The third-order valence-electron chi connectivity index (χ3n) is 5.98. The van der Waals surface area contributed by atoms with E-state index >= 15 is 0 Å². The van der Waals surface area contributed by atoms with Crippen LogP contribution in [0.4, 0.5) is 29.3 Å². The first-order chi connectivity index (χ1) is 16.4. The normalized spacial score (nSPS) is 18.1. The molecule has 3 aromatic rings. The molecule has 0 bridgehead atoms. The van der Waals surface area contributed by atoms with Gasteiger partial charge in [-0.15, -0.1) is 0 Å². The van der Waals surface area contributed by atoms with E-state index < -0.39 is 41.7 Å². The molecule has 1 unspecified atom stereocenters. The summed E-state index contributed by atoms with van der Waals surface area (Å²) in [4.78, 5) is 40.9. The highest BCUT2D eigenvalue weighted by Crippen LogP contribution is 2.35. The summed E-state index contributed by atoms with van der Waals surface area (Å²) in [6.07, 6.45) is -4.60. The van der Waals surface area contributed by atoms with Crippen molar-refractivity contribution in [1.29, 1.82) is 0 Å². The van der Waals surface area contributed by atoms with Crippen molar-refractivity contribution in [3.05, 3.63) is 71.8 Å². The number of carbonyl (C=O) groups excluding carboxylic acids is 3. The summed E-state index contributed by atoms with van der Waals surface area (Å²) < 4.78 is 39.5. The molecule has 3 aromatic carbocycles. The lowest BCUT2D eigenvalue weighted by Crippen LogP contribution is -2.42. The Balaban J connectivity index is 1.56. The number of nitrogens with zero attached hydrogens (tertiary/aromatic N) is 2. The topological polar surface area (TPSA) is 81.8 Å². The van der Waals surface area contributed by atoms with Crippen molar-refractivity contribution in [3.8, 4) is 0 Å². The molecule has 1 heterocycles. The fourth-order valence-electron chi connectivity index (χ4n) is 4.07. The third kappa shape index (κ3) is 4.51. The number of fused-ring (bicyclic) bond motifs is 1. The van der Waals surface area contributed by atoms with Crippen LogP contribution >= 0.6 is 0 Å². The molecule has 4 rings (SSSR count). The summed E-state index contributed by atoms with van der Waals surface area (Å²) >= 11 is 0. The molecule has 182 valence electrons. The van der Waals surface area contributed by atoms with Crippen LogP contribution < -0.4 is 15.5 Å². The van der Waals surface area contributed by atoms with Gasteiger partial charge in [0.15, 0.2) is 0 Å². The predicted octanol–water partition coefficient (Wildman–Crippen LogP) is 4.33. The van der Waals surface area contributed by atoms with Crippen LogP contribution in [0, 0.1) is 0 Å². The molecule has 2 N–H and O–H groups in total. The number of hydrogen-bond acceptors (Lipinski definition) is 4. The number of nitrogens with one attached hydrogen (secondary N) is 2. The number of anilines is 2. The zero-order valence-corrected chi connectivity index (χ0v) is 19.2. The van der Waals surface area contributed by atoms with E-state index in [4.69, 9.17) is 0 Å². The van der Waals surface area contributed by atoms with Gasteiger partial charge in [-0.2, -0.15) is 13.2 Å². The molecule has 0 saturated carbocycles. The van der Waals surface area contributed by atoms with Crippen molar-refractivity contribution >= 4 is 40.0 Å². The average Bonchev–Trinajstić information content (AvgIpc) is 3.01. The molecule has 10 heteroatoms. The number of carbonyl (C=O) groups is 3. The van der Waals surface area contributed by atoms with E-state index in [-0.39, 0.29) is 5.69 Å². The van der Waals surface area contributed by atoms with Crippen LogP contribution in [0.3, 0.4) is 0 Å². The minimum Gasteiger partial charge on any atom is -0.376 e. The lowest BCUT2D eigenvalue weighted by Gasteiger charge is -2.23. The SMILES string of the molecule is CN(C)c1ccc(C(F)(F)F)cc1NC(=O)CN1C(=O)NC(C)(c2ccc3ccccc3c2)C1=O. The molecule has 0 spiro atoms. The van der Waals surface area contributed by atoms with Gasteiger partial charge in [-0.05, 0) is 47.5 Å².